The zero-order chi connectivity index (χ0) is 22.5. The van der Waals surface area contributed by atoms with Crippen LogP contribution in [0.3, 0.4) is 0 Å². The number of rotatable bonds is 7. The molecule has 162 valence electrons. The molecule has 0 heterocycles. The number of nitrogens with zero attached hydrogens (tertiary/aromatic N) is 2. The van der Waals surface area contributed by atoms with E-state index in [1.165, 1.54) is 38.3 Å². The molecule has 1 atom stereocenters. The predicted molar refractivity (Wildman–Crippen MR) is 107 cm³/mol. The van der Waals surface area contributed by atoms with Gasteiger partial charge in [-0.25, -0.2) is 13.8 Å². The first-order chi connectivity index (χ1) is 13.9. The number of carbonyl (C=O) groups is 1. The number of benzene rings is 2. The van der Waals surface area contributed by atoms with Gasteiger partial charge in [0.25, 0.3) is 5.91 Å². The first kappa shape index (κ1) is 23.2. The summed E-state index contributed by atoms with van der Waals surface area (Å²) in [4.78, 5) is 12.4. The average molecular weight is 443 g/mol. The standard InChI is InChI=1S/C19H20F3N3O4S/c1-13(25(30(3,27)28)16-7-9-17(29-2)10-8-16)18(26)24-23-12-14-5-4-6-15(11-14)19(20,21)22/h4-13H,1-3H3,(H,24,26)/b23-12-/t13-/m1/s1. The molecular formula is C19H20F3N3O4S. The summed E-state index contributed by atoms with van der Waals surface area (Å²) in [5.74, 6) is -0.255. The van der Waals surface area contributed by atoms with E-state index in [-0.39, 0.29) is 11.3 Å². The minimum atomic E-state index is -4.50. The van der Waals surface area contributed by atoms with Gasteiger partial charge in [0.1, 0.15) is 11.8 Å². The average Bonchev–Trinajstić information content (AvgIpc) is 2.67. The van der Waals surface area contributed by atoms with Crippen LogP contribution in [0.1, 0.15) is 18.1 Å². The molecular weight excluding hydrogens is 423 g/mol. The van der Waals surface area contributed by atoms with E-state index in [0.717, 1.165) is 28.9 Å². The second kappa shape index (κ2) is 9.16. The quantitative estimate of drug-likeness (QED) is 0.526. The van der Waals surface area contributed by atoms with Crippen LogP contribution in [-0.4, -0.2) is 39.9 Å². The van der Waals surface area contributed by atoms with Crippen molar-refractivity contribution in [3.63, 3.8) is 0 Å². The number of hydrogen-bond acceptors (Lipinski definition) is 5. The third-order valence-electron chi connectivity index (χ3n) is 4.02. The van der Waals surface area contributed by atoms with Gasteiger partial charge in [-0.2, -0.15) is 18.3 Å². The molecule has 11 heteroatoms. The molecule has 0 radical (unpaired) electrons. The summed E-state index contributed by atoms with van der Waals surface area (Å²) in [5.41, 5.74) is 1.66. The number of nitrogens with one attached hydrogen (secondary N) is 1. The third-order valence-corrected chi connectivity index (χ3v) is 5.26. The van der Waals surface area contributed by atoms with Crippen LogP contribution in [0.2, 0.25) is 0 Å². The molecule has 7 nitrogen and oxygen atoms in total. The van der Waals surface area contributed by atoms with Crippen molar-refractivity contribution < 1.29 is 31.1 Å². The summed E-state index contributed by atoms with van der Waals surface area (Å²) in [6, 6.07) is 9.26. The molecule has 2 aromatic rings. The molecule has 1 amide bonds. The van der Waals surface area contributed by atoms with Crippen LogP contribution in [0.15, 0.2) is 53.6 Å². The van der Waals surface area contributed by atoms with Gasteiger partial charge in [-0.3, -0.25) is 9.10 Å². The molecule has 0 aliphatic rings. The highest BCUT2D eigenvalue weighted by Crippen LogP contribution is 2.29. The number of hydrogen-bond donors (Lipinski definition) is 1. The lowest BCUT2D eigenvalue weighted by molar-refractivity contribution is -0.137. The molecule has 0 spiro atoms. The van der Waals surface area contributed by atoms with Crippen molar-refractivity contribution in [3.05, 3.63) is 59.7 Å². The first-order valence-corrected chi connectivity index (χ1v) is 10.4. The van der Waals surface area contributed by atoms with E-state index in [9.17, 15) is 26.4 Å². The maximum atomic E-state index is 12.7. The Balaban J connectivity index is 2.16. The highest BCUT2D eigenvalue weighted by Gasteiger charge is 2.30. The summed E-state index contributed by atoms with van der Waals surface area (Å²) in [7, 11) is -2.37. The Kier molecular flexibility index (Phi) is 7.08. The fraction of sp³-hybridized carbons (Fsp3) is 0.263. The molecule has 0 bridgehead atoms. The molecule has 0 aromatic heterocycles. The molecule has 0 saturated carbocycles. The maximum absolute atomic E-state index is 12.7. The maximum Gasteiger partial charge on any atom is 0.416 e. The largest absolute Gasteiger partial charge is 0.497 e. The molecule has 30 heavy (non-hydrogen) atoms. The summed E-state index contributed by atoms with van der Waals surface area (Å²) < 4.78 is 68.6. The number of amides is 1. The lowest BCUT2D eigenvalue weighted by Crippen LogP contribution is -2.46. The van der Waals surface area contributed by atoms with E-state index in [2.05, 4.69) is 10.5 Å². The van der Waals surface area contributed by atoms with Gasteiger partial charge in [0.15, 0.2) is 0 Å². The molecule has 0 aliphatic heterocycles. The number of methoxy groups -OCH3 is 1. The van der Waals surface area contributed by atoms with Gasteiger partial charge < -0.3 is 4.74 Å². The van der Waals surface area contributed by atoms with Gasteiger partial charge in [-0.05, 0) is 48.9 Å². The minimum Gasteiger partial charge on any atom is -0.497 e. The molecule has 0 aliphatic carbocycles. The third kappa shape index (κ3) is 5.96. The summed E-state index contributed by atoms with van der Waals surface area (Å²) in [5, 5.41) is 3.64. The van der Waals surface area contributed by atoms with E-state index < -0.39 is 33.7 Å². The number of halogens is 3. The number of alkyl halides is 3. The highest BCUT2D eigenvalue weighted by molar-refractivity contribution is 7.92. The molecule has 1 N–H and O–H groups in total. The van der Waals surface area contributed by atoms with Crippen LogP contribution >= 0.6 is 0 Å². The van der Waals surface area contributed by atoms with Gasteiger partial charge in [0.05, 0.1) is 30.8 Å². The van der Waals surface area contributed by atoms with Crippen molar-refractivity contribution in [1.29, 1.82) is 0 Å². The Labute approximate surface area is 172 Å². The zero-order valence-electron chi connectivity index (χ0n) is 16.3. The lowest BCUT2D eigenvalue weighted by atomic mass is 10.1. The molecule has 0 saturated heterocycles. The van der Waals surface area contributed by atoms with Crippen molar-refractivity contribution in [2.45, 2.75) is 19.1 Å². The van der Waals surface area contributed by atoms with E-state index in [0.29, 0.717) is 5.75 Å². The Hall–Kier alpha value is -3.08. The van der Waals surface area contributed by atoms with Crippen LogP contribution < -0.4 is 14.5 Å². The van der Waals surface area contributed by atoms with E-state index in [4.69, 9.17) is 4.74 Å². The fourth-order valence-electron chi connectivity index (χ4n) is 2.60. The topological polar surface area (TPSA) is 88.1 Å². The van der Waals surface area contributed by atoms with Crippen LogP contribution in [-0.2, 0) is 21.0 Å². The monoisotopic (exact) mass is 443 g/mol. The van der Waals surface area contributed by atoms with Crippen molar-refractivity contribution in [3.8, 4) is 5.75 Å². The number of carbonyl (C=O) groups excluding carboxylic acids is 1. The van der Waals surface area contributed by atoms with Crippen LogP contribution in [0.5, 0.6) is 5.75 Å². The normalized spacial score (nSPS) is 13.1. The van der Waals surface area contributed by atoms with Crippen LogP contribution in [0, 0.1) is 0 Å². The Morgan fingerprint density at radius 2 is 1.83 bits per heavy atom. The summed E-state index contributed by atoms with van der Waals surface area (Å²) in [6.45, 7) is 1.36. The van der Waals surface area contributed by atoms with Crippen LogP contribution in [0.4, 0.5) is 18.9 Å². The second-order valence-corrected chi connectivity index (χ2v) is 8.15. The minimum absolute atomic E-state index is 0.118. The Morgan fingerprint density at radius 1 is 1.20 bits per heavy atom. The zero-order valence-corrected chi connectivity index (χ0v) is 17.2. The molecule has 0 fully saturated rings. The first-order valence-electron chi connectivity index (χ1n) is 8.57. The van der Waals surface area contributed by atoms with E-state index in [1.807, 2.05) is 0 Å². The number of sulfonamides is 1. The summed E-state index contributed by atoms with van der Waals surface area (Å²) in [6.07, 6.45) is -2.51. The Bertz CT molecular complexity index is 1020. The van der Waals surface area contributed by atoms with E-state index >= 15 is 0 Å². The van der Waals surface area contributed by atoms with Gasteiger partial charge in [0.2, 0.25) is 10.0 Å². The predicted octanol–water partition coefficient (Wildman–Crippen LogP) is 3.02. The molecule has 2 aromatic carbocycles. The second-order valence-electron chi connectivity index (χ2n) is 6.29. The number of ether oxygens (including phenoxy) is 1. The number of hydrazone groups is 1. The van der Waals surface area contributed by atoms with Crippen molar-refractivity contribution in [2.75, 3.05) is 17.7 Å². The highest BCUT2D eigenvalue weighted by atomic mass is 32.2. The van der Waals surface area contributed by atoms with E-state index in [1.54, 1.807) is 12.1 Å². The fourth-order valence-corrected chi connectivity index (χ4v) is 3.77. The van der Waals surface area contributed by atoms with Crippen LogP contribution in [0.25, 0.3) is 0 Å². The van der Waals surface area contributed by atoms with Gasteiger partial charge >= 0.3 is 6.18 Å². The van der Waals surface area contributed by atoms with Gasteiger partial charge in [0, 0.05) is 0 Å². The van der Waals surface area contributed by atoms with Gasteiger partial charge in [-0.1, -0.05) is 12.1 Å². The molecule has 0 unspecified atom stereocenters. The molecule has 2 rings (SSSR count). The Morgan fingerprint density at radius 3 is 2.37 bits per heavy atom. The lowest BCUT2D eigenvalue weighted by Gasteiger charge is -2.27. The van der Waals surface area contributed by atoms with Gasteiger partial charge in [-0.15, -0.1) is 0 Å². The van der Waals surface area contributed by atoms with Crippen molar-refractivity contribution in [2.24, 2.45) is 5.10 Å². The summed E-state index contributed by atoms with van der Waals surface area (Å²) >= 11 is 0. The van der Waals surface area contributed by atoms with Crippen molar-refractivity contribution in [1.82, 2.24) is 5.43 Å². The smallest absolute Gasteiger partial charge is 0.416 e. The number of anilines is 1. The SMILES string of the molecule is COc1ccc(N([C@H](C)C(=O)N/N=C\c2cccc(C(F)(F)F)c2)S(C)(=O)=O)cc1. The van der Waals surface area contributed by atoms with Crippen molar-refractivity contribution >= 4 is 27.8 Å².